The van der Waals surface area contributed by atoms with Gasteiger partial charge in [0, 0.05) is 43.9 Å². The van der Waals surface area contributed by atoms with E-state index in [9.17, 15) is 4.79 Å². The van der Waals surface area contributed by atoms with Crippen molar-refractivity contribution in [2.75, 3.05) is 26.2 Å². The van der Waals surface area contributed by atoms with E-state index in [0.29, 0.717) is 5.69 Å². The molecule has 5 heteroatoms. The van der Waals surface area contributed by atoms with Gasteiger partial charge in [0.25, 0.3) is 5.91 Å². The fraction of sp³-hybridized carbons (Fsp3) is 0.294. The quantitative estimate of drug-likeness (QED) is 0.874. The predicted octanol–water partition coefficient (Wildman–Crippen LogP) is 2.69. The van der Waals surface area contributed by atoms with Crippen molar-refractivity contribution in [1.29, 1.82) is 0 Å². The van der Waals surface area contributed by atoms with Gasteiger partial charge < -0.3 is 4.90 Å². The van der Waals surface area contributed by atoms with Gasteiger partial charge in [-0.2, -0.15) is 0 Å². The summed E-state index contributed by atoms with van der Waals surface area (Å²) in [6.45, 7) is 4.06. The van der Waals surface area contributed by atoms with Crippen molar-refractivity contribution in [1.82, 2.24) is 14.8 Å². The zero-order valence-corrected chi connectivity index (χ0v) is 13.0. The molecule has 1 aliphatic rings. The third kappa shape index (κ3) is 3.64. The molecular weight excluding hydrogens is 298 g/mol. The smallest absolute Gasteiger partial charge is 0.272 e. The maximum Gasteiger partial charge on any atom is 0.272 e. The van der Waals surface area contributed by atoms with E-state index in [-0.39, 0.29) is 5.91 Å². The highest BCUT2D eigenvalue weighted by Gasteiger charge is 2.22. The van der Waals surface area contributed by atoms with Crippen molar-refractivity contribution in [3.8, 4) is 0 Å². The lowest BCUT2D eigenvalue weighted by Crippen LogP contribution is -2.48. The van der Waals surface area contributed by atoms with E-state index < -0.39 is 0 Å². The fourth-order valence-corrected chi connectivity index (χ4v) is 2.87. The van der Waals surface area contributed by atoms with Crippen molar-refractivity contribution in [2.24, 2.45) is 0 Å². The maximum atomic E-state index is 12.3. The molecule has 0 N–H and O–H groups in total. The van der Waals surface area contributed by atoms with Gasteiger partial charge >= 0.3 is 0 Å². The third-order valence-electron chi connectivity index (χ3n) is 3.84. The first-order valence-corrected chi connectivity index (χ1v) is 7.77. The minimum absolute atomic E-state index is 0.0167. The van der Waals surface area contributed by atoms with Gasteiger partial charge in [0.1, 0.15) is 5.69 Å². The predicted molar refractivity (Wildman–Crippen MR) is 86.9 cm³/mol. The van der Waals surface area contributed by atoms with Crippen LogP contribution in [0.2, 0.25) is 5.02 Å². The molecule has 22 heavy (non-hydrogen) atoms. The lowest BCUT2D eigenvalue weighted by molar-refractivity contribution is 0.0623. The highest BCUT2D eigenvalue weighted by atomic mass is 35.5. The molecule has 1 aliphatic heterocycles. The molecule has 0 bridgehead atoms. The van der Waals surface area contributed by atoms with Crippen LogP contribution in [0.1, 0.15) is 16.1 Å². The highest BCUT2D eigenvalue weighted by Crippen LogP contribution is 2.14. The summed E-state index contributed by atoms with van der Waals surface area (Å²) < 4.78 is 0. The van der Waals surface area contributed by atoms with E-state index >= 15 is 0 Å². The van der Waals surface area contributed by atoms with Crippen LogP contribution in [0, 0.1) is 0 Å². The number of carbonyl (C=O) groups excluding carboxylic acids is 1. The second-order valence-corrected chi connectivity index (χ2v) is 5.85. The van der Waals surface area contributed by atoms with Gasteiger partial charge in [-0.1, -0.05) is 29.8 Å². The molecule has 4 nitrogen and oxygen atoms in total. The van der Waals surface area contributed by atoms with E-state index in [0.717, 1.165) is 37.7 Å². The Labute approximate surface area is 135 Å². The average Bonchev–Trinajstić information content (AvgIpc) is 2.56. The van der Waals surface area contributed by atoms with Crippen molar-refractivity contribution in [3.05, 3.63) is 64.9 Å². The number of hydrogen-bond acceptors (Lipinski definition) is 3. The molecule has 1 amide bonds. The average molecular weight is 316 g/mol. The number of nitrogens with zero attached hydrogens (tertiary/aromatic N) is 3. The largest absolute Gasteiger partial charge is 0.335 e. The summed E-state index contributed by atoms with van der Waals surface area (Å²) in [4.78, 5) is 20.7. The van der Waals surface area contributed by atoms with Crippen LogP contribution in [-0.4, -0.2) is 46.9 Å². The number of pyridine rings is 1. The number of amides is 1. The standard InChI is InChI=1S/C17H18ClN3O/c18-15-5-3-4-14(12-15)13-20-8-10-21(11-9-20)17(22)16-6-1-2-7-19-16/h1-7,12H,8-11,13H2. The first kappa shape index (κ1) is 15.0. The number of carbonyl (C=O) groups is 1. The SMILES string of the molecule is O=C(c1ccccn1)N1CCN(Cc2cccc(Cl)c2)CC1. The number of halogens is 1. The van der Waals surface area contributed by atoms with Crippen LogP contribution >= 0.6 is 11.6 Å². The fourth-order valence-electron chi connectivity index (χ4n) is 2.65. The van der Waals surface area contributed by atoms with Crippen LogP contribution in [0.4, 0.5) is 0 Å². The van der Waals surface area contributed by atoms with Crippen LogP contribution in [-0.2, 0) is 6.54 Å². The number of hydrogen-bond donors (Lipinski definition) is 0. The molecule has 114 valence electrons. The summed E-state index contributed by atoms with van der Waals surface area (Å²) in [6, 6.07) is 13.4. The highest BCUT2D eigenvalue weighted by molar-refractivity contribution is 6.30. The van der Waals surface area contributed by atoms with Crippen molar-refractivity contribution in [3.63, 3.8) is 0 Å². The van der Waals surface area contributed by atoms with Crippen molar-refractivity contribution in [2.45, 2.75) is 6.54 Å². The second-order valence-electron chi connectivity index (χ2n) is 5.41. The normalized spacial score (nSPS) is 15.8. The van der Waals surface area contributed by atoms with Gasteiger partial charge in [0.2, 0.25) is 0 Å². The van der Waals surface area contributed by atoms with Crippen LogP contribution in [0.3, 0.4) is 0 Å². The lowest BCUT2D eigenvalue weighted by Gasteiger charge is -2.34. The van der Waals surface area contributed by atoms with Crippen LogP contribution in [0.15, 0.2) is 48.7 Å². The molecule has 0 radical (unpaired) electrons. The Morgan fingerprint density at radius 3 is 2.59 bits per heavy atom. The van der Waals surface area contributed by atoms with Gasteiger partial charge in [-0.15, -0.1) is 0 Å². The summed E-state index contributed by atoms with van der Waals surface area (Å²) in [5.41, 5.74) is 1.72. The molecule has 1 saturated heterocycles. The molecule has 0 saturated carbocycles. The first-order chi connectivity index (χ1) is 10.7. The molecule has 2 aromatic rings. The molecular formula is C17H18ClN3O. The number of benzene rings is 1. The molecule has 0 unspecified atom stereocenters. The van der Waals surface area contributed by atoms with Gasteiger partial charge in [0.15, 0.2) is 0 Å². The van der Waals surface area contributed by atoms with E-state index in [1.165, 1.54) is 5.56 Å². The van der Waals surface area contributed by atoms with Gasteiger partial charge in [0.05, 0.1) is 0 Å². The van der Waals surface area contributed by atoms with E-state index in [2.05, 4.69) is 16.0 Å². The Bertz CT molecular complexity index is 639. The van der Waals surface area contributed by atoms with E-state index in [1.807, 2.05) is 35.2 Å². The summed E-state index contributed by atoms with van der Waals surface area (Å²) in [7, 11) is 0. The van der Waals surface area contributed by atoms with Crippen LogP contribution in [0.5, 0.6) is 0 Å². The second kappa shape index (κ2) is 6.90. The molecule has 0 aliphatic carbocycles. The topological polar surface area (TPSA) is 36.4 Å². The summed E-state index contributed by atoms with van der Waals surface area (Å²) in [5.74, 6) is 0.0167. The van der Waals surface area contributed by atoms with Crippen molar-refractivity contribution >= 4 is 17.5 Å². The van der Waals surface area contributed by atoms with Gasteiger partial charge in [-0.3, -0.25) is 14.7 Å². The molecule has 2 heterocycles. The minimum Gasteiger partial charge on any atom is -0.335 e. The zero-order valence-electron chi connectivity index (χ0n) is 12.3. The zero-order chi connectivity index (χ0) is 15.4. The Morgan fingerprint density at radius 2 is 1.91 bits per heavy atom. The van der Waals surface area contributed by atoms with Gasteiger partial charge in [-0.05, 0) is 29.8 Å². The monoisotopic (exact) mass is 315 g/mol. The minimum atomic E-state index is 0.0167. The Morgan fingerprint density at radius 1 is 1.09 bits per heavy atom. The van der Waals surface area contributed by atoms with Gasteiger partial charge in [-0.25, -0.2) is 0 Å². The number of aromatic nitrogens is 1. The number of piperazine rings is 1. The molecule has 0 atom stereocenters. The summed E-state index contributed by atoms with van der Waals surface area (Å²) >= 11 is 6.02. The van der Waals surface area contributed by atoms with E-state index in [1.54, 1.807) is 12.3 Å². The lowest BCUT2D eigenvalue weighted by atomic mass is 10.2. The molecule has 1 aromatic heterocycles. The molecule has 0 spiro atoms. The summed E-state index contributed by atoms with van der Waals surface area (Å²) in [6.07, 6.45) is 1.66. The Balaban J connectivity index is 1.55. The third-order valence-corrected chi connectivity index (χ3v) is 4.07. The molecule has 1 fully saturated rings. The number of rotatable bonds is 3. The Kier molecular flexibility index (Phi) is 4.71. The molecule has 3 rings (SSSR count). The van der Waals surface area contributed by atoms with Crippen LogP contribution in [0.25, 0.3) is 0 Å². The maximum absolute atomic E-state index is 12.3. The summed E-state index contributed by atoms with van der Waals surface area (Å²) in [5, 5.41) is 0.765. The van der Waals surface area contributed by atoms with E-state index in [4.69, 9.17) is 11.6 Å². The van der Waals surface area contributed by atoms with Crippen LogP contribution < -0.4 is 0 Å². The molecule has 1 aromatic carbocycles. The Hall–Kier alpha value is -1.91. The van der Waals surface area contributed by atoms with Crippen molar-refractivity contribution < 1.29 is 4.79 Å². The first-order valence-electron chi connectivity index (χ1n) is 7.39.